The summed E-state index contributed by atoms with van der Waals surface area (Å²) in [5.41, 5.74) is 0.263. The van der Waals surface area contributed by atoms with E-state index >= 15 is 0 Å². The van der Waals surface area contributed by atoms with E-state index in [0.29, 0.717) is 26.2 Å². The summed E-state index contributed by atoms with van der Waals surface area (Å²) < 4.78 is 17.6. The fraction of sp³-hybridized carbons (Fsp3) is 0.417. The zero-order valence-corrected chi connectivity index (χ0v) is 10.5. The number of pyridine rings is 1. The van der Waals surface area contributed by atoms with E-state index in [2.05, 4.69) is 9.72 Å². The van der Waals surface area contributed by atoms with Crippen molar-refractivity contribution in [3.05, 3.63) is 29.8 Å². The minimum atomic E-state index is -0.681. The van der Waals surface area contributed by atoms with Gasteiger partial charge in [0, 0.05) is 44.0 Å². The third kappa shape index (κ3) is 2.98. The van der Waals surface area contributed by atoms with Gasteiger partial charge in [-0.15, -0.1) is 0 Å². The molecule has 102 valence electrons. The Kier molecular flexibility index (Phi) is 3.94. The summed E-state index contributed by atoms with van der Waals surface area (Å²) in [4.78, 5) is 29.9. The lowest BCUT2D eigenvalue weighted by Crippen LogP contribution is -2.50. The maximum absolute atomic E-state index is 13.0. The first-order valence-electron chi connectivity index (χ1n) is 5.85. The largest absolute Gasteiger partial charge is 0.453 e. The van der Waals surface area contributed by atoms with Gasteiger partial charge in [0.05, 0.1) is 7.11 Å². The van der Waals surface area contributed by atoms with Gasteiger partial charge in [-0.25, -0.2) is 9.78 Å². The molecule has 0 aromatic carbocycles. The minimum Gasteiger partial charge on any atom is -0.453 e. The highest BCUT2D eigenvalue weighted by molar-refractivity contribution is 5.94. The monoisotopic (exact) mass is 267 g/mol. The third-order valence-corrected chi connectivity index (χ3v) is 2.97. The molecule has 0 saturated carbocycles. The molecule has 1 aliphatic rings. The highest BCUT2D eigenvalue weighted by atomic mass is 19.1. The molecule has 1 aromatic rings. The molecule has 0 aliphatic carbocycles. The predicted octanol–water partition coefficient (Wildman–Crippen LogP) is 0.745. The fourth-order valence-electron chi connectivity index (χ4n) is 1.94. The summed E-state index contributed by atoms with van der Waals surface area (Å²) in [6, 6.07) is 2.58. The molecule has 6 nitrogen and oxygen atoms in total. The zero-order chi connectivity index (χ0) is 13.8. The summed E-state index contributed by atoms with van der Waals surface area (Å²) in [5, 5.41) is 0. The normalized spacial score (nSPS) is 15.3. The fourth-order valence-corrected chi connectivity index (χ4v) is 1.94. The molecule has 0 atom stereocenters. The van der Waals surface area contributed by atoms with Gasteiger partial charge in [0.15, 0.2) is 0 Å². The van der Waals surface area contributed by atoms with Crippen LogP contribution in [0.4, 0.5) is 9.18 Å². The van der Waals surface area contributed by atoms with Crippen LogP contribution in [0.2, 0.25) is 0 Å². The molecule has 2 rings (SSSR count). The second-order valence-electron chi connectivity index (χ2n) is 4.12. The van der Waals surface area contributed by atoms with Crippen LogP contribution in [0, 0.1) is 5.95 Å². The molecule has 19 heavy (non-hydrogen) atoms. The van der Waals surface area contributed by atoms with Crippen molar-refractivity contribution in [1.82, 2.24) is 14.8 Å². The van der Waals surface area contributed by atoms with Gasteiger partial charge >= 0.3 is 6.09 Å². The van der Waals surface area contributed by atoms with E-state index < -0.39 is 12.0 Å². The Morgan fingerprint density at radius 3 is 2.47 bits per heavy atom. The standard InChI is InChI=1S/C12H14FN3O3/c1-19-12(18)16-6-4-15(5-7-16)11(17)9-2-3-14-10(13)8-9/h2-3,8H,4-7H2,1H3. The number of amides is 2. The first-order chi connectivity index (χ1) is 9.11. The number of hydrogen-bond donors (Lipinski definition) is 0. The Morgan fingerprint density at radius 1 is 1.26 bits per heavy atom. The Balaban J connectivity index is 1.98. The quantitative estimate of drug-likeness (QED) is 0.704. The van der Waals surface area contributed by atoms with Crippen molar-refractivity contribution >= 4 is 12.0 Å². The lowest BCUT2D eigenvalue weighted by atomic mass is 10.2. The molecule has 7 heteroatoms. The number of nitrogens with zero attached hydrogens (tertiary/aromatic N) is 3. The first kappa shape index (κ1) is 13.3. The van der Waals surface area contributed by atoms with E-state index in [0.717, 1.165) is 6.07 Å². The Morgan fingerprint density at radius 2 is 1.89 bits per heavy atom. The molecule has 1 aromatic heterocycles. The van der Waals surface area contributed by atoms with E-state index in [1.54, 1.807) is 4.90 Å². The van der Waals surface area contributed by atoms with E-state index in [1.165, 1.54) is 24.3 Å². The number of piperazine rings is 1. The van der Waals surface area contributed by atoms with Crippen molar-refractivity contribution < 1.29 is 18.7 Å². The van der Waals surface area contributed by atoms with Gasteiger partial charge in [-0.3, -0.25) is 4.79 Å². The van der Waals surface area contributed by atoms with Gasteiger partial charge in [0.1, 0.15) is 0 Å². The molecule has 1 saturated heterocycles. The van der Waals surface area contributed by atoms with Gasteiger partial charge in [-0.2, -0.15) is 4.39 Å². The van der Waals surface area contributed by atoms with E-state index in [9.17, 15) is 14.0 Å². The molecule has 1 fully saturated rings. The van der Waals surface area contributed by atoms with E-state index in [4.69, 9.17) is 0 Å². The van der Waals surface area contributed by atoms with Crippen molar-refractivity contribution in [2.75, 3.05) is 33.3 Å². The maximum Gasteiger partial charge on any atom is 0.409 e. The van der Waals surface area contributed by atoms with Crippen LogP contribution in [0.3, 0.4) is 0 Å². The highest BCUT2D eigenvalue weighted by Crippen LogP contribution is 2.09. The number of halogens is 1. The predicted molar refractivity (Wildman–Crippen MR) is 64.1 cm³/mol. The molecule has 0 radical (unpaired) electrons. The summed E-state index contributed by atoms with van der Waals surface area (Å²) >= 11 is 0. The third-order valence-electron chi connectivity index (χ3n) is 2.97. The van der Waals surface area contributed by atoms with Gasteiger partial charge in [-0.05, 0) is 6.07 Å². The van der Waals surface area contributed by atoms with Crippen LogP contribution in [0.25, 0.3) is 0 Å². The summed E-state index contributed by atoms with van der Waals surface area (Å²) in [6.45, 7) is 1.62. The van der Waals surface area contributed by atoms with Crippen molar-refractivity contribution in [2.45, 2.75) is 0 Å². The summed E-state index contributed by atoms with van der Waals surface area (Å²) in [7, 11) is 1.32. The lowest BCUT2D eigenvalue weighted by molar-refractivity contribution is 0.0599. The second-order valence-corrected chi connectivity index (χ2v) is 4.12. The molecule has 0 spiro atoms. The topological polar surface area (TPSA) is 62.7 Å². The number of methoxy groups -OCH3 is 1. The molecule has 0 unspecified atom stereocenters. The maximum atomic E-state index is 13.0. The average Bonchev–Trinajstić information content (AvgIpc) is 2.46. The lowest BCUT2D eigenvalue weighted by Gasteiger charge is -2.33. The van der Waals surface area contributed by atoms with Gasteiger partial charge in [-0.1, -0.05) is 0 Å². The van der Waals surface area contributed by atoms with Crippen LogP contribution in [0.5, 0.6) is 0 Å². The molecular weight excluding hydrogens is 253 g/mol. The Hall–Kier alpha value is -2.18. The molecular formula is C12H14FN3O3. The first-order valence-corrected chi connectivity index (χ1v) is 5.85. The highest BCUT2D eigenvalue weighted by Gasteiger charge is 2.25. The SMILES string of the molecule is COC(=O)N1CCN(C(=O)c2ccnc(F)c2)CC1. The molecule has 1 aliphatic heterocycles. The number of carbonyl (C=O) groups excluding carboxylic acids is 2. The van der Waals surface area contributed by atoms with Crippen LogP contribution in [-0.2, 0) is 4.74 Å². The van der Waals surface area contributed by atoms with Crippen LogP contribution in [0.1, 0.15) is 10.4 Å². The number of ether oxygens (including phenoxy) is 1. The Labute approximate surface area is 109 Å². The van der Waals surface area contributed by atoms with Crippen LogP contribution in [-0.4, -0.2) is 60.1 Å². The van der Waals surface area contributed by atoms with E-state index in [1.807, 2.05) is 0 Å². The van der Waals surface area contributed by atoms with Gasteiger partial charge in [0.25, 0.3) is 5.91 Å². The molecule has 0 bridgehead atoms. The van der Waals surface area contributed by atoms with Crippen molar-refractivity contribution in [2.24, 2.45) is 0 Å². The molecule has 2 amide bonds. The number of aromatic nitrogens is 1. The van der Waals surface area contributed by atoms with Gasteiger partial charge in [0.2, 0.25) is 5.95 Å². The zero-order valence-electron chi connectivity index (χ0n) is 10.5. The van der Waals surface area contributed by atoms with Crippen molar-refractivity contribution in [3.63, 3.8) is 0 Å². The van der Waals surface area contributed by atoms with E-state index in [-0.39, 0.29) is 11.5 Å². The minimum absolute atomic E-state index is 0.259. The number of carbonyl (C=O) groups is 2. The molecule has 2 heterocycles. The Bertz CT molecular complexity index is 487. The summed E-state index contributed by atoms with van der Waals surface area (Å²) in [5.74, 6) is -0.940. The number of rotatable bonds is 1. The second kappa shape index (κ2) is 5.64. The van der Waals surface area contributed by atoms with Crippen molar-refractivity contribution in [1.29, 1.82) is 0 Å². The van der Waals surface area contributed by atoms with Crippen molar-refractivity contribution in [3.8, 4) is 0 Å². The molecule has 0 N–H and O–H groups in total. The van der Waals surface area contributed by atoms with Crippen LogP contribution >= 0.6 is 0 Å². The average molecular weight is 267 g/mol. The van der Waals surface area contributed by atoms with Crippen LogP contribution < -0.4 is 0 Å². The smallest absolute Gasteiger partial charge is 0.409 e. The van der Waals surface area contributed by atoms with Crippen LogP contribution in [0.15, 0.2) is 18.3 Å². The summed E-state index contributed by atoms with van der Waals surface area (Å²) in [6.07, 6.45) is 0.856. The van der Waals surface area contributed by atoms with Gasteiger partial charge < -0.3 is 14.5 Å². The number of hydrogen-bond acceptors (Lipinski definition) is 4.